The SMILES string of the molecule is ICc1cc(CI)cc(COCCOCC(COCC(COCCOCc2cc(CI)cc(CI)c2)OCCOCc2cc(CI)cc(CI)c2)OCCOCc2cc(CI)cc(CI)c2)c1. The normalized spacial score (nSPS) is 12.5. The van der Waals surface area contributed by atoms with Crippen molar-refractivity contribution in [3.8, 4) is 0 Å². The third-order valence-corrected chi connectivity index (χ3v) is 16.9. The van der Waals surface area contributed by atoms with Gasteiger partial charge in [0.25, 0.3) is 0 Å². The monoisotopic (exact) mass is 1820 g/mol. The first-order valence-electron chi connectivity index (χ1n) is 22.0. The van der Waals surface area contributed by atoms with E-state index >= 15 is 0 Å². The molecule has 0 saturated carbocycles. The zero-order chi connectivity index (χ0) is 47.9. The number of ether oxygens (including phenoxy) is 9. The van der Waals surface area contributed by atoms with Crippen molar-refractivity contribution in [1.82, 2.24) is 0 Å². The van der Waals surface area contributed by atoms with Gasteiger partial charge < -0.3 is 42.6 Å². The van der Waals surface area contributed by atoms with E-state index in [0.29, 0.717) is 106 Å². The van der Waals surface area contributed by atoms with Crippen molar-refractivity contribution in [3.05, 3.63) is 140 Å². The molecule has 2 atom stereocenters. The molecule has 0 aliphatic heterocycles. The molecule has 0 heterocycles. The lowest BCUT2D eigenvalue weighted by Gasteiger charge is -2.22. The lowest BCUT2D eigenvalue weighted by molar-refractivity contribution is -0.110. The van der Waals surface area contributed by atoms with Crippen molar-refractivity contribution in [3.63, 3.8) is 0 Å². The quantitative estimate of drug-likeness (QED) is 0.0248. The second-order valence-electron chi connectivity index (χ2n) is 15.6. The van der Waals surface area contributed by atoms with Crippen LogP contribution in [-0.4, -0.2) is 91.5 Å². The van der Waals surface area contributed by atoms with Gasteiger partial charge in [0.1, 0.15) is 12.2 Å². The highest BCUT2D eigenvalue weighted by molar-refractivity contribution is 14.1. The van der Waals surface area contributed by atoms with Gasteiger partial charge in [-0.2, -0.15) is 0 Å². The second kappa shape index (κ2) is 38.8. The minimum absolute atomic E-state index is 0.314. The van der Waals surface area contributed by atoms with Crippen molar-refractivity contribution in [2.45, 2.75) is 74.1 Å². The summed E-state index contributed by atoms with van der Waals surface area (Å²) < 4.78 is 63.2. The Hall–Kier alpha value is 2.36. The maximum atomic E-state index is 6.33. The maximum absolute atomic E-state index is 6.33. The molecule has 372 valence electrons. The molecule has 9 nitrogen and oxygen atoms in total. The third kappa shape index (κ3) is 26.6. The fourth-order valence-electron chi connectivity index (χ4n) is 6.90. The minimum atomic E-state index is -0.314. The van der Waals surface area contributed by atoms with Crippen molar-refractivity contribution in [2.75, 3.05) is 79.3 Å². The molecule has 2 unspecified atom stereocenters. The fraction of sp³-hybridized carbons (Fsp3) is 0.520. The van der Waals surface area contributed by atoms with E-state index in [1.165, 1.54) is 66.8 Å². The van der Waals surface area contributed by atoms with Gasteiger partial charge in [-0.25, -0.2) is 0 Å². The molecule has 0 fully saturated rings. The molecule has 0 aliphatic rings. The molecule has 0 radical (unpaired) electrons. The van der Waals surface area contributed by atoms with Gasteiger partial charge in [-0.15, -0.1) is 0 Å². The van der Waals surface area contributed by atoms with Gasteiger partial charge in [-0.05, 0) is 66.8 Å². The molecule has 0 aromatic heterocycles. The highest BCUT2D eigenvalue weighted by atomic mass is 127. The molecule has 0 saturated heterocycles. The van der Waals surface area contributed by atoms with Crippen molar-refractivity contribution in [1.29, 1.82) is 0 Å². The molecule has 4 aromatic rings. The van der Waals surface area contributed by atoms with Crippen LogP contribution in [0.25, 0.3) is 0 Å². The van der Waals surface area contributed by atoms with Gasteiger partial charge in [0.05, 0.1) is 106 Å². The standard InChI is InChI=1S/C50H62I8O9/c51-21-37-9-38(22-52)14-45(13-37)29-59-1-3-63-33-49(66-7-5-61-31-47-17-41(25-55)11-42(18-47)26-56)35-65-36-50(67-8-6-62-32-48-19-43(27-57)12-44(20-48)28-58)34-64-4-2-60-30-46-15-39(23-53)10-40(16-46)24-54/h9-20,49-50H,1-8,21-36H2. The maximum Gasteiger partial charge on any atom is 0.104 e. The Labute approximate surface area is 508 Å². The van der Waals surface area contributed by atoms with Crippen LogP contribution < -0.4 is 0 Å². The molecule has 17 heteroatoms. The molecule has 0 aliphatic carbocycles. The first kappa shape index (κ1) is 61.9. The summed E-state index contributed by atoms with van der Waals surface area (Å²) in [6.45, 7) is 7.11. The minimum Gasteiger partial charge on any atom is -0.376 e. The van der Waals surface area contributed by atoms with Gasteiger partial charge in [-0.3, -0.25) is 0 Å². The number of benzene rings is 4. The Morgan fingerprint density at radius 1 is 0.239 bits per heavy atom. The summed E-state index contributed by atoms with van der Waals surface area (Å²) in [5, 5.41) is 0. The summed E-state index contributed by atoms with van der Waals surface area (Å²) in [5.41, 5.74) is 15.3. The van der Waals surface area contributed by atoms with Crippen LogP contribution in [0.5, 0.6) is 0 Å². The number of rotatable bonds is 38. The molecule has 4 rings (SSSR count). The van der Waals surface area contributed by atoms with E-state index < -0.39 is 0 Å². The molecule has 4 aromatic carbocycles. The van der Waals surface area contributed by atoms with Gasteiger partial charge in [0.15, 0.2) is 0 Å². The molecular weight excluding hydrogens is 1760 g/mol. The molecule has 0 bridgehead atoms. The van der Waals surface area contributed by atoms with Crippen LogP contribution in [0.4, 0.5) is 0 Å². The van der Waals surface area contributed by atoms with Gasteiger partial charge in [0, 0.05) is 35.4 Å². The summed E-state index contributed by atoms with van der Waals surface area (Å²) >= 11 is 19.3. The van der Waals surface area contributed by atoms with Crippen LogP contribution in [0.1, 0.15) is 66.8 Å². The van der Waals surface area contributed by atoms with E-state index in [1.54, 1.807) is 0 Å². The van der Waals surface area contributed by atoms with Gasteiger partial charge in [-0.1, -0.05) is 254 Å². The van der Waals surface area contributed by atoms with E-state index in [1.807, 2.05) is 0 Å². The van der Waals surface area contributed by atoms with E-state index in [4.69, 9.17) is 42.6 Å². The van der Waals surface area contributed by atoms with Gasteiger partial charge in [0.2, 0.25) is 0 Å². The summed E-state index contributed by atoms with van der Waals surface area (Å²) in [6.07, 6.45) is -0.629. The van der Waals surface area contributed by atoms with Crippen molar-refractivity contribution < 1.29 is 42.6 Å². The topological polar surface area (TPSA) is 83.1 Å². The first-order valence-corrected chi connectivity index (χ1v) is 34.2. The Bertz CT molecular complexity index is 1740. The summed E-state index contributed by atoms with van der Waals surface area (Å²) in [4.78, 5) is 0. The summed E-state index contributed by atoms with van der Waals surface area (Å²) in [5.74, 6) is 0. The Kier molecular flexibility index (Phi) is 35.9. The fourth-order valence-corrected chi connectivity index (χ4v) is 10.4. The number of hydrogen-bond acceptors (Lipinski definition) is 9. The largest absolute Gasteiger partial charge is 0.376 e. The van der Waals surface area contributed by atoms with Crippen LogP contribution in [0, 0.1) is 0 Å². The zero-order valence-corrected chi connectivity index (χ0v) is 55.0. The predicted octanol–water partition coefficient (Wildman–Crippen LogP) is 14.2. The van der Waals surface area contributed by atoms with Crippen LogP contribution in [-0.2, 0) is 104 Å². The van der Waals surface area contributed by atoms with Crippen molar-refractivity contribution >= 4 is 181 Å². The zero-order valence-electron chi connectivity index (χ0n) is 37.8. The molecular formula is C50H62I8O9. The van der Waals surface area contributed by atoms with E-state index in [-0.39, 0.29) is 12.2 Å². The number of hydrogen-bond donors (Lipinski definition) is 0. The third-order valence-electron chi connectivity index (χ3n) is 9.88. The van der Waals surface area contributed by atoms with E-state index in [0.717, 1.165) is 35.4 Å². The van der Waals surface area contributed by atoms with Crippen LogP contribution in [0.2, 0.25) is 0 Å². The highest BCUT2D eigenvalue weighted by Crippen LogP contribution is 2.20. The Morgan fingerprint density at radius 3 is 0.672 bits per heavy atom. The van der Waals surface area contributed by atoms with Crippen molar-refractivity contribution in [2.24, 2.45) is 0 Å². The average molecular weight is 1820 g/mol. The van der Waals surface area contributed by atoms with Crippen LogP contribution >= 0.6 is 181 Å². The van der Waals surface area contributed by atoms with Gasteiger partial charge >= 0.3 is 0 Å². The van der Waals surface area contributed by atoms with E-state index in [9.17, 15) is 0 Å². The summed E-state index contributed by atoms with van der Waals surface area (Å²) in [6, 6.07) is 26.8. The molecule has 0 amide bonds. The highest BCUT2D eigenvalue weighted by Gasteiger charge is 2.16. The smallest absolute Gasteiger partial charge is 0.104 e. The van der Waals surface area contributed by atoms with Crippen LogP contribution in [0.15, 0.2) is 72.8 Å². The molecule has 0 spiro atoms. The average Bonchev–Trinajstić information content (AvgIpc) is 3.36. The summed E-state index contributed by atoms with van der Waals surface area (Å²) in [7, 11) is 0. The molecule has 67 heavy (non-hydrogen) atoms. The van der Waals surface area contributed by atoms with E-state index in [2.05, 4.69) is 254 Å². The Balaban J connectivity index is 1.29. The second-order valence-corrected chi connectivity index (χ2v) is 21.7. The number of halogens is 8. The Morgan fingerprint density at radius 2 is 0.433 bits per heavy atom. The number of alkyl halides is 8. The van der Waals surface area contributed by atoms with Crippen LogP contribution in [0.3, 0.4) is 0 Å². The first-order chi connectivity index (χ1) is 32.8. The molecule has 0 N–H and O–H groups in total. The lowest BCUT2D eigenvalue weighted by atomic mass is 10.1. The lowest BCUT2D eigenvalue weighted by Crippen LogP contribution is -2.32. The predicted molar refractivity (Wildman–Crippen MR) is 338 cm³/mol.